The van der Waals surface area contributed by atoms with Crippen LogP contribution in [0.5, 0.6) is 5.75 Å². The van der Waals surface area contributed by atoms with Gasteiger partial charge in [-0.25, -0.2) is 0 Å². The Morgan fingerprint density at radius 2 is 1.87 bits per heavy atom. The molecule has 1 heterocycles. The topological polar surface area (TPSA) is 26.3 Å². The van der Waals surface area contributed by atoms with Gasteiger partial charge >= 0.3 is 0 Å². The molecule has 1 aliphatic heterocycles. The van der Waals surface area contributed by atoms with Crippen LogP contribution < -0.4 is 4.74 Å². The normalized spacial score (nSPS) is 30.5. The largest absolute Gasteiger partial charge is 0.466 e. The predicted molar refractivity (Wildman–Crippen MR) is 92.6 cm³/mol. The Bertz CT molecular complexity index is 924. The van der Waals surface area contributed by atoms with E-state index in [1.807, 2.05) is 36.4 Å². The highest BCUT2D eigenvalue weighted by Crippen LogP contribution is 2.57. The average molecular weight is 318 g/mol. The van der Waals surface area contributed by atoms with E-state index >= 15 is 0 Å². The number of ketones is 1. The van der Waals surface area contributed by atoms with Crippen LogP contribution in [0.3, 0.4) is 0 Å². The predicted octanol–water partition coefficient (Wildman–Crippen LogP) is 4.52. The first-order chi connectivity index (χ1) is 11.3. The van der Waals surface area contributed by atoms with Gasteiger partial charge in [0.2, 0.25) is 10.7 Å². The lowest BCUT2D eigenvalue weighted by molar-refractivity contribution is -0.125. The molecule has 0 fully saturated rings. The minimum Gasteiger partial charge on any atom is -0.466 e. The molecule has 2 aliphatic carbocycles. The number of ether oxygens (including phenoxy) is 1. The van der Waals surface area contributed by atoms with Gasteiger partial charge in [0.15, 0.2) is 0 Å². The van der Waals surface area contributed by atoms with Crippen LogP contribution in [0, 0.1) is 11.8 Å². The number of thioether (sulfide) groups is 1. The smallest absolute Gasteiger partial charge is 0.228 e. The first-order valence-electron chi connectivity index (χ1n) is 7.75. The molecule has 3 atom stereocenters. The van der Waals surface area contributed by atoms with Crippen LogP contribution >= 0.6 is 11.8 Å². The lowest BCUT2D eigenvalue weighted by Gasteiger charge is -2.38. The van der Waals surface area contributed by atoms with Crippen molar-refractivity contribution in [2.45, 2.75) is 9.83 Å². The molecule has 2 aromatic carbocycles. The zero-order chi connectivity index (χ0) is 15.4. The molecule has 0 saturated carbocycles. The van der Waals surface area contributed by atoms with Crippen molar-refractivity contribution in [1.29, 1.82) is 0 Å². The Kier molecular flexibility index (Phi) is 2.65. The third-order valence-corrected chi connectivity index (χ3v) is 6.27. The van der Waals surface area contributed by atoms with Gasteiger partial charge in [0.1, 0.15) is 5.75 Å². The number of benzene rings is 2. The number of carbonyl (C=O) groups excluding carboxylic acids is 1. The second-order valence-corrected chi connectivity index (χ2v) is 7.30. The molecule has 2 nitrogen and oxygen atoms in total. The standard InChI is InChI=1S/C20H14O2S/c21-18-12-10-14-6-2-4-8-16(14)20(18)22-17-11-9-13-5-1-3-7-15(13)19(17)23-20/h1-12,14,16H. The van der Waals surface area contributed by atoms with Crippen LogP contribution in [0.15, 0.2) is 77.7 Å². The SMILES string of the molecule is O=C1C=CC2C=CC=CC2C12Oc1ccc3ccccc3c1S2. The second kappa shape index (κ2) is 4.62. The minimum absolute atomic E-state index is 0.0289. The maximum atomic E-state index is 12.8. The van der Waals surface area contributed by atoms with Crippen LogP contribution in [0.4, 0.5) is 0 Å². The van der Waals surface area contributed by atoms with Crippen molar-refractivity contribution in [1.82, 2.24) is 0 Å². The fraction of sp³-hybridized carbons (Fsp3) is 0.150. The van der Waals surface area contributed by atoms with Gasteiger partial charge in [0, 0.05) is 11.8 Å². The molecule has 3 heteroatoms. The van der Waals surface area contributed by atoms with Gasteiger partial charge < -0.3 is 4.74 Å². The van der Waals surface area contributed by atoms with Crippen LogP contribution in [0.2, 0.25) is 0 Å². The molecule has 3 unspecified atom stereocenters. The quantitative estimate of drug-likeness (QED) is 0.714. The zero-order valence-corrected chi connectivity index (χ0v) is 13.1. The monoisotopic (exact) mass is 318 g/mol. The summed E-state index contributed by atoms with van der Waals surface area (Å²) < 4.78 is 6.30. The Morgan fingerprint density at radius 1 is 1.00 bits per heavy atom. The van der Waals surface area contributed by atoms with Gasteiger partial charge in [-0.1, -0.05) is 72.5 Å². The van der Waals surface area contributed by atoms with Gasteiger partial charge in [-0.05, 0) is 22.9 Å². The van der Waals surface area contributed by atoms with E-state index in [2.05, 4.69) is 30.4 Å². The maximum Gasteiger partial charge on any atom is 0.228 e. The van der Waals surface area contributed by atoms with E-state index in [-0.39, 0.29) is 17.6 Å². The van der Waals surface area contributed by atoms with E-state index in [1.165, 1.54) is 5.39 Å². The van der Waals surface area contributed by atoms with Gasteiger partial charge in [-0.15, -0.1) is 0 Å². The lowest BCUT2D eigenvalue weighted by Crippen LogP contribution is -2.49. The third-order valence-electron chi connectivity index (χ3n) is 4.79. The van der Waals surface area contributed by atoms with Crippen molar-refractivity contribution in [3.8, 4) is 5.75 Å². The highest BCUT2D eigenvalue weighted by Gasteiger charge is 2.55. The number of allylic oxidation sites excluding steroid dienone is 4. The van der Waals surface area contributed by atoms with E-state index in [9.17, 15) is 4.79 Å². The molecular weight excluding hydrogens is 304 g/mol. The molecule has 112 valence electrons. The molecule has 0 bridgehead atoms. The van der Waals surface area contributed by atoms with Gasteiger partial charge in [0.25, 0.3) is 0 Å². The molecule has 1 spiro atoms. The van der Waals surface area contributed by atoms with E-state index in [0.29, 0.717) is 0 Å². The first-order valence-corrected chi connectivity index (χ1v) is 8.57. The number of carbonyl (C=O) groups is 1. The Hall–Kier alpha value is -2.26. The number of hydrogen-bond acceptors (Lipinski definition) is 3. The molecular formula is C20H14O2S. The number of rotatable bonds is 0. The summed E-state index contributed by atoms with van der Waals surface area (Å²) in [7, 11) is 0. The third kappa shape index (κ3) is 1.74. The van der Waals surface area contributed by atoms with Crippen LogP contribution in [0.1, 0.15) is 0 Å². The summed E-state index contributed by atoms with van der Waals surface area (Å²) in [6.45, 7) is 0. The summed E-state index contributed by atoms with van der Waals surface area (Å²) in [4.78, 5) is 13.0. The summed E-state index contributed by atoms with van der Waals surface area (Å²) in [6.07, 6.45) is 12.0. The van der Waals surface area contributed by atoms with E-state index < -0.39 is 4.93 Å². The zero-order valence-electron chi connectivity index (χ0n) is 12.3. The summed E-state index contributed by atoms with van der Waals surface area (Å²) in [5.41, 5.74) is 0. The number of fused-ring (bicyclic) bond motifs is 5. The molecule has 0 N–H and O–H groups in total. The highest BCUT2D eigenvalue weighted by atomic mass is 32.2. The molecule has 3 aliphatic rings. The second-order valence-electron chi connectivity index (χ2n) is 6.08. The first kappa shape index (κ1) is 13.2. The molecule has 0 radical (unpaired) electrons. The Labute approximate surface area is 138 Å². The maximum absolute atomic E-state index is 12.8. The van der Waals surface area contributed by atoms with Crippen molar-refractivity contribution in [3.63, 3.8) is 0 Å². The van der Waals surface area contributed by atoms with Crippen molar-refractivity contribution in [3.05, 3.63) is 72.9 Å². The minimum atomic E-state index is -0.868. The van der Waals surface area contributed by atoms with Gasteiger partial charge in [-0.2, -0.15) is 0 Å². The van der Waals surface area contributed by atoms with Crippen LogP contribution in [-0.2, 0) is 4.79 Å². The molecule has 5 rings (SSSR count). The molecule has 0 amide bonds. The Morgan fingerprint density at radius 3 is 2.83 bits per heavy atom. The Balaban J connectivity index is 1.69. The fourth-order valence-electron chi connectivity index (χ4n) is 3.65. The molecule has 2 aromatic rings. The average Bonchev–Trinajstić information content (AvgIpc) is 3.00. The fourth-order valence-corrected chi connectivity index (χ4v) is 5.13. The van der Waals surface area contributed by atoms with Crippen molar-refractivity contribution < 1.29 is 9.53 Å². The molecule has 0 aromatic heterocycles. The molecule has 23 heavy (non-hydrogen) atoms. The van der Waals surface area contributed by atoms with Crippen LogP contribution in [0.25, 0.3) is 10.8 Å². The van der Waals surface area contributed by atoms with E-state index in [4.69, 9.17) is 4.74 Å². The van der Waals surface area contributed by atoms with Gasteiger partial charge in [-0.3, -0.25) is 4.79 Å². The van der Waals surface area contributed by atoms with E-state index in [1.54, 1.807) is 17.8 Å². The van der Waals surface area contributed by atoms with Crippen molar-refractivity contribution in [2.24, 2.45) is 11.8 Å². The van der Waals surface area contributed by atoms with Crippen LogP contribution in [-0.4, -0.2) is 10.7 Å². The van der Waals surface area contributed by atoms with Gasteiger partial charge in [0.05, 0.1) is 4.90 Å². The van der Waals surface area contributed by atoms with Crippen molar-refractivity contribution >= 4 is 28.3 Å². The summed E-state index contributed by atoms with van der Waals surface area (Å²) in [6, 6.07) is 12.3. The van der Waals surface area contributed by atoms with E-state index in [0.717, 1.165) is 16.0 Å². The summed E-state index contributed by atoms with van der Waals surface area (Å²) in [5, 5.41) is 2.33. The highest BCUT2D eigenvalue weighted by molar-refractivity contribution is 8.01. The summed E-state index contributed by atoms with van der Waals surface area (Å²) >= 11 is 1.57. The number of hydrogen-bond donors (Lipinski definition) is 0. The summed E-state index contributed by atoms with van der Waals surface area (Å²) in [5.74, 6) is 1.11. The lowest BCUT2D eigenvalue weighted by atomic mass is 9.78. The van der Waals surface area contributed by atoms with Crippen molar-refractivity contribution in [2.75, 3.05) is 0 Å². The molecule has 0 saturated heterocycles.